The Kier molecular flexibility index (Phi) is 4.99. The van der Waals surface area contributed by atoms with Crippen LogP contribution in [0.25, 0.3) is 0 Å². The minimum Gasteiger partial charge on any atom is -0.383 e. The highest BCUT2D eigenvalue weighted by molar-refractivity contribution is 8.00. The molecule has 1 heterocycles. The van der Waals surface area contributed by atoms with E-state index in [9.17, 15) is 0 Å². The van der Waals surface area contributed by atoms with E-state index in [-0.39, 0.29) is 0 Å². The van der Waals surface area contributed by atoms with Gasteiger partial charge in [-0.05, 0) is 7.05 Å². The first-order valence-electron chi connectivity index (χ1n) is 4.22. The summed E-state index contributed by atoms with van der Waals surface area (Å²) in [6.07, 6.45) is 0. The van der Waals surface area contributed by atoms with E-state index in [1.54, 1.807) is 7.11 Å². The van der Waals surface area contributed by atoms with Crippen molar-refractivity contribution in [2.45, 2.75) is 11.3 Å². The van der Waals surface area contributed by atoms with Gasteiger partial charge in [0.2, 0.25) is 0 Å². The lowest BCUT2D eigenvalue weighted by atomic mass is 10.4. The summed E-state index contributed by atoms with van der Waals surface area (Å²) in [5.41, 5.74) is 0. The van der Waals surface area contributed by atoms with Gasteiger partial charge >= 0.3 is 0 Å². The maximum absolute atomic E-state index is 5.09. The van der Waals surface area contributed by atoms with Crippen LogP contribution in [0, 0.1) is 0 Å². The summed E-state index contributed by atoms with van der Waals surface area (Å²) >= 11 is 1.97. The molecule has 1 atom stereocenters. The van der Waals surface area contributed by atoms with Crippen molar-refractivity contribution in [1.29, 1.82) is 0 Å². The van der Waals surface area contributed by atoms with E-state index < -0.39 is 0 Å². The Labute approximate surface area is 78.2 Å². The summed E-state index contributed by atoms with van der Waals surface area (Å²) in [7, 11) is 3.71. The molecule has 0 bridgehead atoms. The van der Waals surface area contributed by atoms with E-state index >= 15 is 0 Å². The van der Waals surface area contributed by atoms with Crippen molar-refractivity contribution in [2.75, 3.05) is 39.7 Å². The van der Waals surface area contributed by atoms with E-state index in [2.05, 4.69) is 5.32 Å². The van der Waals surface area contributed by atoms with E-state index in [0.717, 1.165) is 30.8 Å². The van der Waals surface area contributed by atoms with Crippen LogP contribution in [0.2, 0.25) is 0 Å². The van der Waals surface area contributed by atoms with Crippen LogP contribution >= 0.6 is 11.8 Å². The summed E-state index contributed by atoms with van der Waals surface area (Å²) in [5, 5.41) is 3.94. The average molecular weight is 191 g/mol. The predicted octanol–water partition coefficient (Wildman–Crippen LogP) is 0.353. The van der Waals surface area contributed by atoms with Gasteiger partial charge in [-0.1, -0.05) is 0 Å². The highest BCUT2D eigenvalue weighted by Gasteiger charge is 2.19. The van der Waals surface area contributed by atoms with Gasteiger partial charge in [0, 0.05) is 18.9 Å². The fraction of sp³-hybridized carbons (Fsp3) is 1.00. The largest absolute Gasteiger partial charge is 0.383 e. The molecule has 1 aliphatic heterocycles. The molecule has 1 fully saturated rings. The van der Waals surface area contributed by atoms with E-state index in [1.165, 1.54) is 0 Å². The highest BCUT2D eigenvalue weighted by atomic mass is 32.2. The van der Waals surface area contributed by atoms with Crippen molar-refractivity contribution in [3.63, 3.8) is 0 Å². The molecule has 0 aromatic rings. The van der Waals surface area contributed by atoms with Gasteiger partial charge in [-0.3, -0.25) is 0 Å². The quantitative estimate of drug-likeness (QED) is 0.656. The number of rotatable bonds is 6. The highest BCUT2D eigenvalue weighted by Crippen LogP contribution is 2.19. The fourth-order valence-electron chi connectivity index (χ4n) is 0.979. The smallest absolute Gasteiger partial charge is 0.0623 e. The number of hydrogen-bond donors (Lipinski definition) is 1. The van der Waals surface area contributed by atoms with Crippen molar-refractivity contribution in [2.24, 2.45) is 0 Å². The average Bonchev–Trinajstić information content (AvgIpc) is 2.00. The van der Waals surface area contributed by atoms with Crippen molar-refractivity contribution in [3.8, 4) is 0 Å². The maximum Gasteiger partial charge on any atom is 0.0623 e. The van der Waals surface area contributed by atoms with Crippen LogP contribution in [0.1, 0.15) is 0 Å². The molecule has 4 heteroatoms. The zero-order chi connectivity index (χ0) is 8.81. The third-order valence-electron chi connectivity index (χ3n) is 1.92. The maximum atomic E-state index is 5.09. The van der Waals surface area contributed by atoms with E-state index in [1.807, 2.05) is 18.8 Å². The van der Waals surface area contributed by atoms with Crippen LogP contribution in [0.5, 0.6) is 0 Å². The SMILES string of the molecule is CNC(COC)CSC1COC1. The van der Waals surface area contributed by atoms with Gasteiger partial charge in [-0.2, -0.15) is 11.8 Å². The third-order valence-corrected chi connectivity index (χ3v) is 3.26. The monoisotopic (exact) mass is 191 g/mol. The molecular formula is C8H17NO2S. The topological polar surface area (TPSA) is 30.5 Å². The number of ether oxygens (including phenoxy) is 2. The van der Waals surface area contributed by atoms with Gasteiger partial charge in [0.25, 0.3) is 0 Å². The minimum atomic E-state index is 0.473. The molecule has 0 spiro atoms. The van der Waals surface area contributed by atoms with Crippen molar-refractivity contribution in [3.05, 3.63) is 0 Å². The number of nitrogens with one attached hydrogen (secondary N) is 1. The third kappa shape index (κ3) is 3.31. The molecule has 1 rings (SSSR count). The minimum absolute atomic E-state index is 0.473. The Morgan fingerprint density at radius 1 is 1.67 bits per heavy atom. The normalized spacial score (nSPS) is 20.5. The van der Waals surface area contributed by atoms with Crippen LogP contribution in [0.3, 0.4) is 0 Å². The summed E-state index contributed by atoms with van der Waals surface area (Å²) in [4.78, 5) is 0. The summed E-state index contributed by atoms with van der Waals surface area (Å²) < 4.78 is 10.2. The standard InChI is InChI=1S/C8H17NO2S/c1-9-7(3-10-2)6-12-8-4-11-5-8/h7-9H,3-6H2,1-2H3. The summed E-state index contributed by atoms with van der Waals surface area (Å²) in [6, 6.07) is 0.473. The number of methoxy groups -OCH3 is 1. The van der Waals surface area contributed by atoms with Crippen LogP contribution in [-0.2, 0) is 9.47 Å². The zero-order valence-corrected chi connectivity index (χ0v) is 8.52. The molecule has 0 aliphatic carbocycles. The van der Waals surface area contributed by atoms with E-state index in [4.69, 9.17) is 9.47 Å². The second-order valence-electron chi connectivity index (χ2n) is 2.93. The molecule has 1 saturated heterocycles. The molecule has 0 aromatic heterocycles. The molecule has 1 N–H and O–H groups in total. The lowest BCUT2D eigenvalue weighted by molar-refractivity contribution is 0.0454. The Morgan fingerprint density at radius 2 is 2.42 bits per heavy atom. The van der Waals surface area contributed by atoms with Gasteiger partial charge in [-0.15, -0.1) is 0 Å². The van der Waals surface area contributed by atoms with Crippen molar-refractivity contribution >= 4 is 11.8 Å². The molecule has 1 aliphatic rings. The first-order chi connectivity index (χ1) is 5.86. The lowest BCUT2D eigenvalue weighted by Crippen LogP contribution is -2.36. The van der Waals surface area contributed by atoms with Gasteiger partial charge in [0.1, 0.15) is 0 Å². The first-order valence-corrected chi connectivity index (χ1v) is 5.27. The number of likely N-dealkylation sites (N-methyl/N-ethyl adjacent to an activating group) is 1. The van der Waals surface area contributed by atoms with Gasteiger partial charge in [0.05, 0.1) is 25.1 Å². The molecule has 0 aromatic carbocycles. The summed E-state index contributed by atoms with van der Waals surface area (Å²) in [6.45, 7) is 2.64. The molecule has 0 amide bonds. The van der Waals surface area contributed by atoms with Gasteiger partial charge in [-0.25, -0.2) is 0 Å². The zero-order valence-electron chi connectivity index (χ0n) is 7.71. The lowest BCUT2D eigenvalue weighted by Gasteiger charge is -2.27. The van der Waals surface area contributed by atoms with Crippen LogP contribution in [0.15, 0.2) is 0 Å². The molecule has 0 saturated carbocycles. The molecule has 72 valence electrons. The Morgan fingerprint density at radius 3 is 2.83 bits per heavy atom. The number of thioether (sulfide) groups is 1. The molecule has 1 unspecified atom stereocenters. The van der Waals surface area contributed by atoms with Crippen LogP contribution in [0.4, 0.5) is 0 Å². The van der Waals surface area contributed by atoms with Crippen LogP contribution < -0.4 is 5.32 Å². The summed E-state index contributed by atoms with van der Waals surface area (Å²) in [5.74, 6) is 1.11. The van der Waals surface area contributed by atoms with Gasteiger partial charge in [0.15, 0.2) is 0 Å². The second-order valence-corrected chi connectivity index (χ2v) is 4.27. The second kappa shape index (κ2) is 5.80. The van der Waals surface area contributed by atoms with Crippen LogP contribution in [-0.4, -0.2) is 51.0 Å². The Hall–Kier alpha value is 0.230. The molecule has 3 nitrogen and oxygen atoms in total. The Bertz CT molecular complexity index is 120. The molecule has 0 radical (unpaired) electrons. The van der Waals surface area contributed by atoms with Gasteiger partial charge < -0.3 is 14.8 Å². The Balaban J connectivity index is 2.01. The molecule has 12 heavy (non-hydrogen) atoms. The van der Waals surface area contributed by atoms with Crippen molar-refractivity contribution < 1.29 is 9.47 Å². The van der Waals surface area contributed by atoms with Crippen molar-refractivity contribution in [1.82, 2.24) is 5.32 Å². The first kappa shape index (κ1) is 10.3. The fourth-order valence-corrected chi connectivity index (χ4v) is 2.13. The molecular weight excluding hydrogens is 174 g/mol. The number of hydrogen-bond acceptors (Lipinski definition) is 4. The predicted molar refractivity (Wildman–Crippen MR) is 51.8 cm³/mol. The van der Waals surface area contributed by atoms with E-state index in [0.29, 0.717) is 6.04 Å².